The highest BCUT2D eigenvalue weighted by Crippen LogP contribution is 2.36. The number of alkyl halides is 3. The number of likely N-dealkylation sites (tertiary alicyclic amines) is 1. The Kier molecular flexibility index (Phi) is 4.62. The molecule has 3 rings (SSSR count). The average molecular weight is 369 g/mol. The molecule has 1 aliphatic rings. The van der Waals surface area contributed by atoms with Gasteiger partial charge in [0.2, 0.25) is 5.82 Å². The van der Waals surface area contributed by atoms with Gasteiger partial charge in [-0.25, -0.2) is 9.78 Å². The Morgan fingerprint density at radius 2 is 1.92 bits per heavy atom. The van der Waals surface area contributed by atoms with Crippen LogP contribution in [0.1, 0.15) is 45.5 Å². The van der Waals surface area contributed by atoms with E-state index in [2.05, 4.69) is 4.98 Å². The van der Waals surface area contributed by atoms with Crippen molar-refractivity contribution in [2.45, 2.75) is 51.4 Å². The Labute approximate surface area is 149 Å². The van der Waals surface area contributed by atoms with Gasteiger partial charge < -0.3 is 14.2 Å². The second kappa shape index (κ2) is 6.48. The van der Waals surface area contributed by atoms with Gasteiger partial charge in [0.1, 0.15) is 5.60 Å². The zero-order valence-corrected chi connectivity index (χ0v) is 15.0. The molecule has 0 spiro atoms. The Bertz CT molecular complexity index is 808. The van der Waals surface area contributed by atoms with E-state index in [1.807, 2.05) is 0 Å². The topological polar surface area (TPSA) is 47.4 Å². The average Bonchev–Trinajstić information content (AvgIpc) is 2.93. The van der Waals surface area contributed by atoms with E-state index in [0.29, 0.717) is 30.4 Å². The third-order valence-electron chi connectivity index (χ3n) is 4.26. The summed E-state index contributed by atoms with van der Waals surface area (Å²) < 4.78 is 47.2. The van der Waals surface area contributed by atoms with Crippen LogP contribution in [0, 0.1) is 0 Å². The van der Waals surface area contributed by atoms with Crippen molar-refractivity contribution in [3.05, 3.63) is 30.1 Å². The van der Waals surface area contributed by atoms with Gasteiger partial charge in [0.05, 0.1) is 17.1 Å². The van der Waals surface area contributed by atoms with E-state index in [9.17, 15) is 18.0 Å². The minimum Gasteiger partial charge on any atom is -0.444 e. The van der Waals surface area contributed by atoms with Gasteiger partial charge in [-0.1, -0.05) is 12.1 Å². The summed E-state index contributed by atoms with van der Waals surface area (Å²) in [6.45, 7) is 5.92. The van der Waals surface area contributed by atoms with Gasteiger partial charge in [0.25, 0.3) is 0 Å². The molecule has 1 amide bonds. The number of piperidine rings is 1. The number of nitrogens with zero attached hydrogens (tertiary/aromatic N) is 3. The molecule has 0 bridgehead atoms. The van der Waals surface area contributed by atoms with Crippen LogP contribution in [0.2, 0.25) is 0 Å². The van der Waals surface area contributed by atoms with Crippen molar-refractivity contribution in [1.29, 1.82) is 0 Å². The molecule has 26 heavy (non-hydrogen) atoms. The number of carbonyl (C=O) groups excluding carboxylic acids is 1. The first kappa shape index (κ1) is 18.5. The maximum absolute atomic E-state index is 13.5. The maximum Gasteiger partial charge on any atom is 0.449 e. The fourth-order valence-electron chi connectivity index (χ4n) is 3.27. The lowest BCUT2D eigenvalue weighted by molar-refractivity contribution is -0.147. The molecule has 0 N–H and O–H groups in total. The molecule has 1 aromatic carbocycles. The SMILES string of the molecule is CC(C)(C)OC(=O)N1CCC[C@H](n2c(C(F)(F)F)nc3ccccc32)C1. The first-order valence-corrected chi connectivity index (χ1v) is 8.58. The standard InChI is InChI=1S/C18H22F3N3O2/c1-17(2,3)26-16(25)23-10-6-7-12(11-23)24-14-9-5-4-8-13(14)22-15(24)18(19,20)21/h4-5,8-9,12H,6-7,10-11H2,1-3H3/t12-/m0/s1. The zero-order valence-electron chi connectivity index (χ0n) is 15.0. The Morgan fingerprint density at radius 3 is 2.58 bits per heavy atom. The van der Waals surface area contributed by atoms with Crippen molar-refractivity contribution in [3.63, 3.8) is 0 Å². The highest BCUT2D eigenvalue weighted by molar-refractivity contribution is 5.76. The number of ether oxygens (including phenoxy) is 1. The van der Waals surface area contributed by atoms with Crippen molar-refractivity contribution in [3.8, 4) is 0 Å². The predicted molar refractivity (Wildman–Crippen MR) is 90.8 cm³/mol. The summed E-state index contributed by atoms with van der Waals surface area (Å²) >= 11 is 0. The van der Waals surface area contributed by atoms with E-state index < -0.39 is 29.7 Å². The Hall–Kier alpha value is -2.25. The molecule has 1 aromatic heterocycles. The maximum atomic E-state index is 13.5. The van der Waals surface area contributed by atoms with Crippen molar-refractivity contribution in [1.82, 2.24) is 14.5 Å². The van der Waals surface area contributed by atoms with Gasteiger partial charge in [-0.05, 0) is 45.7 Å². The van der Waals surface area contributed by atoms with Crippen LogP contribution in [0.4, 0.5) is 18.0 Å². The Morgan fingerprint density at radius 1 is 1.23 bits per heavy atom. The third-order valence-corrected chi connectivity index (χ3v) is 4.26. The largest absolute Gasteiger partial charge is 0.449 e. The van der Waals surface area contributed by atoms with Crippen LogP contribution in [0.15, 0.2) is 24.3 Å². The normalized spacial score (nSPS) is 19.0. The molecule has 142 valence electrons. The van der Waals surface area contributed by atoms with Gasteiger partial charge in [-0.2, -0.15) is 13.2 Å². The molecule has 1 aliphatic heterocycles. The summed E-state index contributed by atoms with van der Waals surface area (Å²) in [5.41, 5.74) is 0.0770. The van der Waals surface area contributed by atoms with Gasteiger partial charge in [-0.3, -0.25) is 0 Å². The highest BCUT2D eigenvalue weighted by Gasteiger charge is 2.40. The predicted octanol–water partition coefficient (Wildman–Crippen LogP) is 4.63. The van der Waals surface area contributed by atoms with Crippen molar-refractivity contribution >= 4 is 17.1 Å². The van der Waals surface area contributed by atoms with Gasteiger partial charge in [0.15, 0.2) is 0 Å². The lowest BCUT2D eigenvalue weighted by Gasteiger charge is -2.35. The Balaban J connectivity index is 1.94. The lowest BCUT2D eigenvalue weighted by atomic mass is 10.1. The first-order valence-electron chi connectivity index (χ1n) is 8.58. The van der Waals surface area contributed by atoms with Crippen LogP contribution >= 0.6 is 0 Å². The molecule has 5 nitrogen and oxygen atoms in total. The number of hydrogen-bond donors (Lipinski definition) is 0. The minimum atomic E-state index is -4.56. The lowest BCUT2D eigenvalue weighted by Crippen LogP contribution is -2.43. The number of imidazole rings is 1. The number of aromatic nitrogens is 2. The number of hydrogen-bond acceptors (Lipinski definition) is 3. The summed E-state index contributed by atoms with van der Waals surface area (Å²) in [6, 6.07) is 6.04. The molecule has 2 heterocycles. The summed E-state index contributed by atoms with van der Waals surface area (Å²) in [5.74, 6) is -0.922. The van der Waals surface area contributed by atoms with Crippen LogP contribution in [0.5, 0.6) is 0 Å². The smallest absolute Gasteiger partial charge is 0.444 e. The molecule has 1 fully saturated rings. The fraction of sp³-hybridized carbons (Fsp3) is 0.556. The van der Waals surface area contributed by atoms with Crippen LogP contribution in [0.3, 0.4) is 0 Å². The van der Waals surface area contributed by atoms with Crippen molar-refractivity contribution < 1.29 is 22.7 Å². The number of fused-ring (bicyclic) bond motifs is 1. The molecule has 1 saturated heterocycles. The monoisotopic (exact) mass is 369 g/mol. The fourth-order valence-corrected chi connectivity index (χ4v) is 3.27. The van der Waals surface area contributed by atoms with Gasteiger partial charge in [-0.15, -0.1) is 0 Å². The molecule has 0 aliphatic carbocycles. The van der Waals surface area contributed by atoms with E-state index in [-0.39, 0.29) is 6.54 Å². The molecule has 0 saturated carbocycles. The molecule has 8 heteroatoms. The summed E-state index contributed by atoms with van der Waals surface area (Å²) in [4.78, 5) is 17.6. The van der Waals surface area contributed by atoms with Crippen LogP contribution in [-0.2, 0) is 10.9 Å². The number of carbonyl (C=O) groups is 1. The van der Waals surface area contributed by atoms with E-state index in [0.717, 1.165) is 0 Å². The molecule has 0 radical (unpaired) electrons. The summed E-state index contributed by atoms with van der Waals surface area (Å²) in [5, 5.41) is 0. The number of halogens is 3. The van der Waals surface area contributed by atoms with Crippen molar-refractivity contribution in [2.24, 2.45) is 0 Å². The number of benzene rings is 1. The quantitative estimate of drug-likeness (QED) is 0.736. The van der Waals surface area contributed by atoms with Crippen LogP contribution < -0.4 is 0 Å². The molecule has 1 atom stereocenters. The number of para-hydroxylation sites is 2. The summed E-state index contributed by atoms with van der Waals surface area (Å²) in [7, 11) is 0. The summed E-state index contributed by atoms with van der Waals surface area (Å²) in [6.07, 6.45) is -3.91. The minimum absolute atomic E-state index is 0.165. The highest BCUT2D eigenvalue weighted by atomic mass is 19.4. The van der Waals surface area contributed by atoms with Crippen LogP contribution in [0.25, 0.3) is 11.0 Å². The van der Waals surface area contributed by atoms with E-state index in [1.54, 1.807) is 45.0 Å². The molecular formula is C18H22F3N3O2. The number of amides is 1. The van der Waals surface area contributed by atoms with Crippen LogP contribution in [-0.4, -0.2) is 39.2 Å². The van der Waals surface area contributed by atoms with E-state index >= 15 is 0 Å². The molecular weight excluding hydrogens is 347 g/mol. The number of rotatable bonds is 1. The van der Waals surface area contributed by atoms with Crippen molar-refractivity contribution in [2.75, 3.05) is 13.1 Å². The van der Waals surface area contributed by atoms with Gasteiger partial charge in [0, 0.05) is 13.1 Å². The second-order valence-corrected chi connectivity index (χ2v) is 7.51. The third kappa shape index (κ3) is 3.78. The first-order chi connectivity index (χ1) is 12.1. The second-order valence-electron chi connectivity index (χ2n) is 7.51. The van der Waals surface area contributed by atoms with E-state index in [1.165, 1.54) is 9.47 Å². The molecule has 2 aromatic rings. The van der Waals surface area contributed by atoms with Gasteiger partial charge >= 0.3 is 12.3 Å². The molecule has 0 unspecified atom stereocenters. The zero-order chi connectivity index (χ0) is 19.1. The van der Waals surface area contributed by atoms with E-state index in [4.69, 9.17) is 4.74 Å².